The minimum atomic E-state index is -0.434. The molecule has 0 aliphatic carbocycles. The number of amides is 2. The van der Waals surface area contributed by atoms with Crippen LogP contribution in [0.1, 0.15) is 40.1 Å². The van der Waals surface area contributed by atoms with Gasteiger partial charge in [-0.2, -0.15) is 0 Å². The Morgan fingerprint density at radius 1 is 1.07 bits per heavy atom. The van der Waals surface area contributed by atoms with Crippen LogP contribution in [0.25, 0.3) is 0 Å². The fourth-order valence-electron chi connectivity index (χ4n) is 2.13. The molecule has 0 heterocycles. The molecule has 2 aromatic rings. The Morgan fingerprint density at radius 2 is 1.78 bits per heavy atom. The molecule has 6 nitrogen and oxygen atoms in total. The monoisotopic (exact) mass is 449 g/mol. The summed E-state index contributed by atoms with van der Waals surface area (Å²) in [5, 5.41) is 2.49. The smallest absolute Gasteiger partial charge is 0.269 e. The summed E-state index contributed by atoms with van der Waals surface area (Å²) in [6.45, 7) is 5.68. The highest BCUT2D eigenvalue weighted by atomic mass is 79.9. The number of ether oxygens (including phenoxy) is 1. The van der Waals surface area contributed by atoms with Crippen molar-refractivity contribution < 1.29 is 14.3 Å². The molecule has 8 heteroatoms. The number of nitrogens with one attached hydrogen (secondary N) is 3. The highest BCUT2D eigenvalue weighted by Crippen LogP contribution is 2.19. The van der Waals surface area contributed by atoms with Crippen LogP contribution in [-0.4, -0.2) is 23.0 Å². The van der Waals surface area contributed by atoms with Crippen molar-refractivity contribution in [3.63, 3.8) is 0 Å². The zero-order valence-corrected chi connectivity index (χ0v) is 17.5. The van der Waals surface area contributed by atoms with Crippen LogP contribution in [0, 0.1) is 6.92 Å². The van der Waals surface area contributed by atoms with Gasteiger partial charge < -0.3 is 4.74 Å². The third kappa shape index (κ3) is 6.04. The topological polar surface area (TPSA) is 79.5 Å². The predicted molar refractivity (Wildman–Crippen MR) is 112 cm³/mol. The van der Waals surface area contributed by atoms with Crippen LogP contribution in [0.5, 0.6) is 5.75 Å². The highest BCUT2D eigenvalue weighted by Gasteiger charge is 2.15. The van der Waals surface area contributed by atoms with Gasteiger partial charge in [-0.05, 0) is 62.8 Å². The van der Waals surface area contributed by atoms with Crippen molar-refractivity contribution in [2.45, 2.75) is 26.9 Å². The van der Waals surface area contributed by atoms with E-state index in [1.54, 1.807) is 36.4 Å². The van der Waals surface area contributed by atoms with Crippen LogP contribution in [0.4, 0.5) is 0 Å². The van der Waals surface area contributed by atoms with Gasteiger partial charge in [-0.3, -0.25) is 25.8 Å². The van der Waals surface area contributed by atoms with Gasteiger partial charge >= 0.3 is 0 Å². The summed E-state index contributed by atoms with van der Waals surface area (Å²) in [4.78, 5) is 24.6. The summed E-state index contributed by atoms with van der Waals surface area (Å²) in [5.41, 5.74) is 6.79. The lowest BCUT2D eigenvalue weighted by Crippen LogP contribution is -2.48. The molecular formula is C19H20BrN3O3S. The first-order chi connectivity index (χ1) is 12.8. The van der Waals surface area contributed by atoms with Crippen LogP contribution in [0.3, 0.4) is 0 Å². The Hall–Kier alpha value is -2.45. The molecule has 0 atom stereocenters. The summed E-state index contributed by atoms with van der Waals surface area (Å²) in [5.74, 6) is -0.353. The molecule has 0 bridgehead atoms. The molecule has 0 saturated carbocycles. The Labute approximate surface area is 171 Å². The van der Waals surface area contributed by atoms with Gasteiger partial charge in [0.05, 0.1) is 11.7 Å². The minimum Gasteiger partial charge on any atom is -0.490 e. The third-order valence-electron chi connectivity index (χ3n) is 3.45. The number of rotatable bonds is 4. The van der Waals surface area contributed by atoms with E-state index in [4.69, 9.17) is 17.0 Å². The molecule has 0 saturated heterocycles. The number of halogens is 1. The summed E-state index contributed by atoms with van der Waals surface area (Å²) >= 11 is 8.45. The van der Waals surface area contributed by atoms with Gasteiger partial charge in [-0.1, -0.05) is 34.1 Å². The average Bonchev–Trinajstić information content (AvgIpc) is 2.61. The number of hydrogen-bond donors (Lipinski definition) is 3. The molecule has 0 radical (unpaired) electrons. The molecule has 142 valence electrons. The normalized spacial score (nSPS) is 10.3. The lowest BCUT2D eigenvalue weighted by molar-refractivity contribution is 0.0933. The predicted octanol–water partition coefficient (Wildman–Crippen LogP) is 3.49. The van der Waals surface area contributed by atoms with Crippen LogP contribution < -0.4 is 20.9 Å². The second-order valence-electron chi connectivity index (χ2n) is 5.99. The van der Waals surface area contributed by atoms with Gasteiger partial charge in [0, 0.05) is 10.0 Å². The number of carbonyl (C=O) groups is 2. The van der Waals surface area contributed by atoms with E-state index in [1.807, 2.05) is 26.8 Å². The lowest BCUT2D eigenvalue weighted by Gasteiger charge is -2.15. The lowest BCUT2D eigenvalue weighted by atomic mass is 10.1. The van der Waals surface area contributed by atoms with Gasteiger partial charge in [0.25, 0.3) is 11.8 Å². The number of carbonyl (C=O) groups excluding carboxylic acids is 2. The fraction of sp³-hybridized carbons (Fsp3) is 0.211. The molecule has 0 spiro atoms. The van der Waals surface area contributed by atoms with Gasteiger partial charge in [0.2, 0.25) is 0 Å². The van der Waals surface area contributed by atoms with Gasteiger partial charge in [-0.25, -0.2) is 0 Å². The third-order valence-corrected chi connectivity index (χ3v) is 4.50. The van der Waals surface area contributed by atoms with Crippen LogP contribution in [0.15, 0.2) is 46.9 Å². The summed E-state index contributed by atoms with van der Waals surface area (Å²) in [6.07, 6.45) is -0.0721. The van der Waals surface area contributed by atoms with Crippen molar-refractivity contribution in [1.29, 1.82) is 0 Å². The summed E-state index contributed by atoms with van der Waals surface area (Å²) in [6, 6.07) is 12.1. The largest absolute Gasteiger partial charge is 0.490 e. The first-order valence-electron chi connectivity index (χ1n) is 8.21. The summed E-state index contributed by atoms with van der Waals surface area (Å²) < 4.78 is 6.45. The van der Waals surface area contributed by atoms with E-state index >= 15 is 0 Å². The standard InChI is InChI=1S/C19H20BrN3O3S/c1-11(2)26-16-7-5-4-6-14(16)18(25)21-19(27)23-22-17(24)13-9-8-12(3)15(20)10-13/h4-11H,1-3H3,(H,22,24)(H2,21,23,25,27). The Balaban J connectivity index is 1.94. The average molecular weight is 450 g/mol. The van der Waals surface area contributed by atoms with Crippen LogP contribution >= 0.6 is 28.1 Å². The molecule has 0 aliphatic rings. The number of benzene rings is 2. The van der Waals surface area contributed by atoms with E-state index in [-0.39, 0.29) is 17.1 Å². The maximum Gasteiger partial charge on any atom is 0.269 e. The molecule has 2 aromatic carbocycles. The van der Waals surface area contributed by atoms with Gasteiger partial charge in [0.15, 0.2) is 5.11 Å². The molecular weight excluding hydrogens is 430 g/mol. The second-order valence-corrected chi connectivity index (χ2v) is 7.25. The Morgan fingerprint density at radius 3 is 2.44 bits per heavy atom. The first-order valence-corrected chi connectivity index (χ1v) is 9.41. The highest BCUT2D eigenvalue weighted by molar-refractivity contribution is 9.10. The maximum atomic E-state index is 12.4. The number of hydrazine groups is 1. The number of aryl methyl sites for hydroxylation is 1. The van der Waals surface area contributed by atoms with Crippen LogP contribution in [0.2, 0.25) is 0 Å². The van der Waals surface area contributed by atoms with Gasteiger partial charge in [-0.15, -0.1) is 0 Å². The molecule has 2 rings (SSSR count). The Kier molecular flexibility index (Phi) is 7.32. The number of para-hydroxylation sites is 1. The van der Waals surface area contributed by atoms with Crippen molar-refractivity contribution in [1.82, 2.24) is 16.2 Å². The van der Waals surface area contributed by atoms with Crippen molar-refractivity contribution >= 4 is 45.1 Å². The van der Waals surface area contributed by atoms with Crippen LogP contribution in [-0.2, 0) is 0 Å². The minimum absolute atomic E-state index is 0.0288. The molecule has 27 heavy (non-hydrogen) atoms. The number of hydrogen-bond acceptors (Lipinski definition) is 4. The first kappa shape index (κ1) is 20.9. The molecule has 3 N–H and O–H groups in total. The molecule has 0 unspecified atom stereocenters. The zero-order valence-electron chi connectivity index (χ0n) is 15.1. The van der Waals surface area contributed by atoms with Gasteiger partial charge in [0.1, 0.15) is 5.75 Å². The SMILES string of the molecule is Cc1ccc(C(=O)NNC(=S)NC(=O)c2ccccc2OC(C)C)cc1Br. The van der Waals surface area contributed by atoms with E-state index in [0.29, 0.717) is 16.9 Å². The van der Waals surface area contributed by atoms with E-state index in [9.17, 15) is 9.59 Å². The second kappa shape index (κ2) is 9.48. The molecule has 0 fully saturated rings. The number of thiocarbonyl (C=S) groups is 1. The maximum absolute atomic E-state index is 12.4. The van der Waals surface area contributed by atoms with E-state index in [2.05, 4.69) is 32.1 Å². The van der Waals surface area contributed by atoms with E-state index in [0.717, 1.165) is 10.0 Å². The fourth-order valence-corrected chi connectivity index (χ4v) is 2.65. The molecule has 0 aromatic heterocycles. The van der Waals surface area contributed by atoms with Crippen molar-refractivity contribution in [2.75, 3.05) is 0 Å². The van der Waals surface area contributed by atoms with E-state index in [1.165, 1.54) is 0 Å². The van der Waals surface area contributed by atoms with Crippen molar-refractivity contribution in [2.24, 2.45) is 0 Å². The van der Waals surface area contributed by atoms with Crippen molar-refractivity contribution in [3.05, 3.63) is 63.6 Å². The molecule has 0 aliphatic heterocycles. The van der Waals surface area contributed by atoms with Crippen molar-refractivity contribution in [3.8, 4) is 5.75 Å². The zero-order chi connectivity index (χ0) is 20.0. The summed E-state index contributed by atoms with van der Waals surface area (Å²) in [7, 11) is 0. The molecule has 2 amide bonds. The quantitative estimate of drug-likeness (QED) is 0.491. The Bertz CT molecular complexity index is 871. The van der Waals surface area contributed by atoms with E-state index < -0.39 is 5.91 Å².